The van der Waals surface area contributed by atoms with Gasteiger partial charge in [0.1, 0.15) is 0 Å². The summed E-state index contributed by atoms with van der Waals surface area (Å²) in [4.78, 5) is 11.8. The molecule has 0 aromatic heterocycles. The van der Waals surface area contributed by atoms with Crippen LogP contribution in [0.3, 0.4) is 0 Å². The quantitative estimate of drug-likeness (QED) is 0.653. The number of carbonyl (C=O) groups is 1. The number of nitrogens with one attached hydrogen (secondary N) is 1. The van der Waals surface area contributed by atoms with Gasteiger partial charge in [0.05, 0.1) is 0 Å². The van der Waals surface area contributed by atoms with Crippen LogP contribution in [-0.2, 0) is 4.79 Å². The Balaban J connectivity index is 3.97. The van der Waals surface area contributed by atoms with E-state index in [-0.39, 0.29) is 17.9 Å². The topological polar surface area (TPSA) is 55.1 Å². The SMILES string of the molecule is CCCCC(CCC)CNC(=O)C(C)C(C)N. The molecule has 3 atom stereocenters. The highest BCUT2D eigenvalue weighted by Crippen LogP contribution is 2.14. The van der Waals surface area contributed by atoms with Crippen LogP contribution in [0.1, 0.15) is 59.8 Å². The Hall–Kier alpha value is -0.570. The van der Waals surface area contributed by atoms with Gasteiger partial charge in [0.25, 0.3) is 0 Å². The Kier molecular flexibility index (Phi) is 9.14. The highest BCUT2D eigenvalue weighted by Gasteiger charge is 2.17. The normalized spacial score (nSPS) is 16.3. The van der Waals surface area contributed by atoms with Crippen molar-refractivity contribution in [2.24, 2.45) is 17.6 Å². The molecule has 0 bridgehead atoms. The van der Waals surface area contributed by atoms with Gasteiger partial charge in [0.2, 0.25) is 5.91 Å². The van der Waals surface area contributed by atoms with Gasteiger partial charge >= 0.3 is 0 Å². The monoisotopic (exact) mass is 242 g/mol. The summed E-state index contributed by atoms with van der Waals surface area (Å²) in [5.41, 5.74) is 5.72. The van der Waals surface area contributed by atoms with E-state index in [1.807, 2.05) is 13.8 Å². The lowest BCUT2D eigenvalue weighted by Gasteiger charge is -2.20. The molecular formula is C14H30N2O. The predicted octanol–water partition coefficient (Wildman–Crippen LogP) is 2.69. The van der Waals surface area contributed by atoms with Crippen molar-refractivity contribution in [2.75, 3.05) is 6.54 Å². The van der Waals surface area contributed by atoms with Crippen molar-refractivity contribution in [3.05, 3.63) is 0 Å². The van der Waals surface area contributed by atoms with Crippen LogP contribution in [-0.4, -0.2) is 18.5 Å². The van der Waals surface area contributed by atoms with Crippen LogP contribution in [0.25, 0.3) is 0 Å². The molecule has 0 aliphatic heterocycles. The highest BCUT2D eigenvalue weighted by molar-refractivity contribution is 5.78. The van der Waals surface area contributed by atoms with E-state index >= 15 is 0 Å². The number of unbranched alkanes of at least 4 members (excludes halogenated alkanes) is 1. The molecule has 0 aromatic carbocycles. The summed E-state index contributed by atoms with van der Waals surface area (Å²) in [5.74, 6) is 0.630. The lowest BCUT2D eigenvalue weighted by molar-refractivity contribution is -0.125. The van der Waals surface area contributed by atoms with Gasteiger partial charge in [-0.15, -0.1) is 0 Å². The smallest absolute Gasteiger partial charge is 0.224 e. The standard InChI is InChI=1S/C14H30N2O/c1-5-7-9-13(8-6-2)10-16-14(17)11(3)12(4)15/h11-13H,5-10,15H2,1-4H3,(H,16,17). The summed E-state index contributed by atoms with van der Waals surface area (Å²) in [6, 6.07) is -0.0738. The zero-order chi connectivity index (χ0) is 13.3. The fourth-order valence-electron chi connectivity index (χ4n) is 1.89. The molecule has 3 unspecified atom stereocenters. The maximum atomic E-state index is 11.8. The zero-order valence-corrected chi connectivity index (χ0v) is 12.0. The number of hydrogen-bond acceptors (Lipinski definition) is 2. The molecule has 0 rings (SSSR count). The van der Waals surface area contributed by atoms with E-state index in [4.69, 9.17) is 5.73 Å². The van der Waals surface area contributed by atoms with E-state index in [0.717, 1.165) is 6.54 Å². The maximum absolute atomic E-state index is 11.8. The third-order valence-electron chi connectivity index (χ3n) is 3.43. The number of carbonyl (C=O) groups excluding carboxylic acids is 1. The first-order valence-corrected chi connectivity index (χ1v) is 7.06. The minimum atomic E-state index is -0.0940. The van der Waals surface area contributed by atoms with Gasteiger partial charge in [0, 0.05) is 18.5 Å². The minimum Gasteiger partial charge on any atom is -0.356 e. The molecule has 17 heavy (non-hydrogen) atoms. The first kappa shape index (κ1) is 16.4. The first-order chi connectivity index (χ1) is 8.02. The Morgan fingerprint density at radius 1 is 1.18 bits per heavy atom. The molecule has 0 aliphatic rings. The molecule has 0 aromatic rings. The first-order valence-electron chi connectivity index (χ1n) is 7.06. The van der Waals surface area contributed by atoms with Crippen molar-refractivity contribution < 1.29 is 4.79 Å². The molecule has 0 saturated carbocycles. The lowest BCUT2D eigenvalue weighted by Crippen LogP contribution is -2.40. The molecule has 0 saturated heterocycles. The summed E-state index contributed by atoms with van der Waals surface area (Å²) in [7, 11) is 0. The van der Waals surface area contributed by atoms with Gasteiger partial charge in [-0.3, -0.25) is 4.79 Å². The number of nitrogens with two attached hydrogens (primary N) is 1. The largest absolute Gasteiger partial charge is 0.356 e. The van der Waals surface area contributed by atoms with Gasteiger partial charge < -0.3 is 11.1 Å². The molecule has 0 radical (unpaired) electrons. The number of hydrogen-bond donors (Lipinski definition) is 2. The molecule has 1 amide bonds. The van der Waals surface area contributed by atoms with Gasteiger partial charge in [-0.1, -0.05) is 40.0 Å². The molecule has 0 spiro atoms. The van der Waals surface area contributed by atoms with Crippen LogP contribution in [0.4, 0.5) is 0 Å². The Bertz CT molecular complexity index is 204. The molecule has 0 aliphatic carbocycles. The Morgan fingerprint density at radius 3 is 2.29 bits per heavy atom. The van der Waals surface area contributed by atoms with Gasteiger partial charge in [-0.25, -0.2) is 0 Å². The van der Waals surface area contributed by atoms with Crippen molar-refractivity contribution in [1.82, 2.24) is 5.32 Å². The van der Waals surface area contributed by atoms with E-state index in [1.54, 1.807) is 0 Å². The van der Waals surface area contributed by atoms with E-state index < -0.39 is 0 Å². The van der Waals surface area contributed by atoms with Crippen LogP contribution in [0.2, 0.25) is 0 Å². The third-order valence-corrected chi connectivity index (χ3v) is 3.43. The Labute approximate surface area is 107 Å². The lowest BCUT2D eigenvalue weighted by atomic mass is 9.96. The second-order valence-corrected chi connectivity index (χ2v) is 5.19. The van der Waals surface area contributed by atoms with Crippen molar-refractivity contribution in [2.45, 2.75) is 65.8 Å². The van der Waals surface area contributed by atoms with E-state index in [1.165, 1.54) is 32.1 Å². The maximum Gasteiger partial charge on any atom is 0.224 e. The second-order valence-electron chi connectivity index (χ2n) is 5.19. The van der Waals surface area contributed by atoms with Crippen LogP contribution < -0.4 is 11.1 Å². The van der Waals surface area contributed by atoms with E-state index in [0.29, 0.717) is 5.92 Å². The van der Waals surface area contributed by atoms with Crippen LogP contribution >= 0.6 is 0 Å². The summed E-state index contributed by atoms with van der Waals surface area (Å²) >= 11 is 0. The minimum absolute atomic E-state index is 0.0738. The fourth-order valence-corrected chi connectivity index (χ4v) is 1.89. The Morgan fingerprint density at radius 2 is 1.82 bits per heavy atom. The van der Waals surface area contributed by atoms with Gasteiger partial charge in [0.15, 0.2) is 0 Å². The van der Waals surface area contributed by atoms with E-state index in [2.05, 4.69) is 19.2 Å². The van der Waals surface area contributed by atoms with E-state index in [9.17, 15) is 4.79 Å². The number of amides is 1. The molecule has 3 nitrogen and oxygen atoms in total. The molecule has 0 heterocycles. The zero-order valence-electron chi connectivity index (χ0n) is 12.0. The molecule has 3 heteroatoms. The summed E-state index contributed by atoms with van der Waals surface area (Å²) < 4.78 is 0. The number of rotatable bonds is 9. The second kappa shape index (κ2) is 9.46. The summed E-state index contributed by atoms with van der Waals surface area (Å²) in [5, 5.41) is 3.04. The van der Waals surface area contributed by atoms with Crippen molar-refractivity contribution >= 4 is 5.91 Å². The van der Waals surface area contributed by atoms with Crippen LogP contribution in [0, 0.1) is 11.8 Å². The van der Waals surface area contributed by atoms with Crippen molar-refractivity contribution in [1.29, 1.82) is 0 Å². The van der Waals surface area contributed by atoms with Gasteiger partial charge in [-0.05, 0) is 25.7 Å². The molecule has 102 valence electrons. The average molecular weight is 242 g/mol. The predicted molar refractivity (Wildman–Crippen MR) is 73.7 cm³/mol. The van der Waals surface area contributed by atoms with Crippen LogP contribution in [0.15, 0.2) is 0 Å². The molecular weight excluding hydrogens is 212 g/mol. The fraction of sp³-hybridized carbons (Fsp3) is 0.929. The van der Waals surface area contributed by atoms with Crippen molar-refractivity contribution in [3.8, 4) is 0 Å². The van der Waals surface area contributed by atoms with Crippen molar-refractivity contribution in [3.63, 3.8) is 0 Å². The summed E-state index contributed by atoms with van der Waals surface area (Å²) in [6.07, 6.45) is 6.09. The van der Waals surface area contributed by atoms with Crippen LogP contribution in [0.5, 0.6) is 0 Å². The van der Waals surface area contributed by atoms with Gasteiger partial charge in [-0.2, -0.15) is 0 Å². The molecule has 0 fully saturated rings. The molecule has 3 N–H and O–H groups in total. The third kappa shape index (κ3) is 7.37. The average Bonchev–Trinajstić information content (AvgIpc) is 2.31. The summed E-state index contributed by atoms with van der Waals surface area (Å²) in [6.45, 7) is 8.99. The highest BCUT2D eigenvalue weighted by atomic mass is 16.1.